The minimum atomic E-state index is -0.230. The fraction of sp³-hybridized carbons (Fsp3) is 0.667. The molecule has 0 aliphatic rings. The van der Waals surface area contributed by atoms with Crippen molar-refractivity contribution >= 4 is 5.91 Å². The van der Waals surface area contributed by atoms with E-state index in [0.29, 0.717) is 13.2 Å². The summed E-state index contributed by atoms with van der Waals surface area (Å²) in [6.07, 6.45) is 6.39. The molecule has 5 heteroatoms. The average molecular weight is 366 g/mol. The van der Waals surface area contributed by atoms with Crippen LogP contribution in [0.1, 0.15) is 51.0 Å². The van der Waals surface area contributed by atoms with Gasteiger partial charge in [0.1, 0.15) is 6.61 Å². The standard InChI is InChI=1S/C21H38N3O2/c1-5-6-7-11-15-20(22)21(25)23(16-12-17-24(2,3)4)26-18-19-13-9-8-10-14-19/h8-10,13-14,20H,5-7,11-12,15-18,22H2,1-4H3/q+1/p+1. The lowest BCUT2D eigenvalue weighted by molar-refractivity contribution is -0.870. The Morgan fingerprint density at radius 2 is 1.81 bits per heavy atom. The third-order valence-corrected chi connectivity index (χ3v) is 4.42. The molecular weight excluding hydrogens is 326 g/mol. The predicted molar refractivity (Wildman–Crippen MR) is 106 cm³/mol. The van der Waals surface area contributed by atoms with E-state index in [1.54, 1.807) is 5.06 Å². The van der Waals surface area contributed by atoms with Gasteiger partial charge in [-0.15, -0.1) is 0 Å². The molecule has 1 rings (SSSR count). The van der Waals surface area contributed by atoms with Crippen LogP contribution in [0.25, 0.3) is 0 Å². The SMILES string of the molecule is CCCCCCC([NH3+])C(=O)N(CCC[N+](C)(C)C)OCc1ccccc1. The Labute approximate surface area is 159 Å². The van der Waals surface area contributed by atoms with Crippen LogP contribution in [0.2, 0.25) is 0 Å². The third kappa shape index (κ3) is 9.90. The summed E-state index contributed by atoms with van der Waals surface area (Å²) < 4.78 is 0.880. The van der Waals surface area contributed by atoms with Gasteiger partial charge in [0, 0.05) is 12.8 Å². The number of hydrogen-bond donors (Lipinski definition) is 1. The Balaban J connectivity index is 2.58. The minimum absolute atomic E-state index is 0.0128. The van der Waals surface area contributed by atoms with E-state index in [-0.39, 0.29) is 11.9 Å². The Morgan fingerprint density at radius 1 is 1.12 bits per heavy atom. The number of carbonyl (C=O) groups is 1. The van der Waals surface area contributed by atoms with Crippen molar-refractivity contribution in [3.63, 3.8) is 0 Å². The van der Waals surface area contributed by atoms with Gasteiger partial charge in [-0.1, -0.05) is 56.5 Å². The molecule has 1 aromatic rings. The van der Waals surface area contributed by atoms with E-state index in [0.717, 1.165) is 35.9 Å². The summed E-state index contributed by atoms with van der Waals surface area (Å²) in [6.45, 7) is 4.22. The highest BCUT2D eigenvalue weighted by molar-refractivity contribution is 5.79. The second-order valence-electron chi connectivity index (χ2n) is 8.11. The maximum absolute atomic E-state index is 12.8. The maximum Gasteiger partial charge on any atom is 0.304 e. The van der Waals surface area contributed by atoms with Crippen molar-refractivity contribution in [2.24, 2.45) is 0 Å². The minimum Gasteiger partial charge on any atom is -0.347 e. The molecule has 0 spiro atoms. The average Bonchev–Trinajstić information content (AvgIpc) is 2.60. The van der Waals surface area contributed by atoms with Crippen LogP contribution in [0.4, 0.5) is 0 Å². The monoisotopic (exact) mass is 365 g/mol. The lowest BCUT2D eigenvalue weighted by Crippen LogP contribution is -2.67. The van der Waals surface area contributed by atoms with Gasteiger partial charge >= 0.3 is 5.91 Å². The molecule has 1 atom stereocenters. The highest BCUT2D eigenvalue weighted by Crippen LogP contribution is 2.09. The van der Waals surface area contributed by atoms with Crippen LogP contribution < -0.4 is 5.73 Å². The van der Waals surface area contributed by atoms with E-state index >= 15 is 0 Å². The molecule has 148 valence electrons. The molecule has 0 heterocycles. The topological polar surface area (TPSA) is 57.2 Å². The molecule has 0 bridgehead atoms. The van der Waals surface area contributed by atoms with Crippen LogP contribution in [0.15, 0.2) is 30.3 Å². The highest BCUT2D eigenvalue weighted by atomic mass is 16.7. The number of hydrogen-bond acceptors (Lipinski definition) is 2. The third-order valence-electron chi connectivity index (χ3n) is 4.42. The van der Waals surface area contributed by atoms with Crippen molar-refractivity contribution in [3.05, 3.63) is 35.9 Å². The molecule has 0 aromatic heterocycles. The first kappa shape index (κ1) is 22.6. The quantitative estimate of drug-likeness (QED) is 0.332. The summed E-state index contributed by atoms with van der Waals surface area (Å²) in [5.41, 5.74) is 5.16. The van der Waals surface area contributed by atoms with E-state index in [9.17, 15) is 4.79 Å². The van der Waals surface area contributed by atoms with Gasteiger partial charge in [-0.3, -0.25) is 9.63 Å². The number of carbonyl (C=O) groups excluding carboxylic acids is 1. The van der Waals surface area contributed by atoms with Gasteiger partial charge in [0.15, 0.2) is 6.04 Å². The van der Waals surface area contributed by atoms with Crippen LogP contribution >= 0.6 is 0 Å². The predicted octanol–water partition coefficient (Wildman–Crippen LogP) is 2.62. The van der Waals surface area contributed by atoms with Gasteiger partial charge in [-0.2, -0.15) is 0 Å². The van der Waals surface area contributed by atoms with E-state index in [1.165, 1.54) is 19.3 Å². The first-order chi connectivity index (χ1) is 12.3. The first-order valence-electron chi connectivity index (χ1n) is 9.95. The van der Waals surface area contributed by atoms with Crippen LogP contribution in [0.5, 0.6) is 0 Å². The zero-order valence-corrected chi connectivity index (χ0v) is 17.2. The normalized spacial score (nSPS) is 12.8. The molecule has 5 nitrogen and oxygen atoms in total. The second kappa shape index (κ2) is 12.0. The molecule has 1 aromatic carbocycles. The van der Waals surface area contributed by atoms with Gasteiger partial charge < -0.3 is 10.2 Å². The van der Waals surface area contributed by atoms with Gasteiger partial charge in [0.25, 0.3) is 0 Å². The Kier molecular flexibility index (Phi) is 10.5. The number of amides is 1. The number of benzene rings is 1. The first-order valence-corrected chi connectivity index (χ1v) is 9.95. The molecule has 3 N–H and O–H groups in total. The van der Waals surface area contributed by atoms with E-state index in [1.807, 2.05) is 30.3 Å². The van der Waals surface area contributed by atoms with E-state index < -0.39 is 0 Å². The van der Waals surface area contributed by atoms with Gasteiger partial charge in [-0.25, -0.2) is 5.06 Å². The molecule has 1 unspecified atom stereocenters. The molecule has 26 heavy (non-hydrogen) atoms. The second-order valence-corrected chi connectivity index (χ2v) is 8.11. The van der Waals surface area contributed by atoms with Crippen molar-refractivity contribution in [2.45, 2.75) is 58.1 Å². The number of hydroxylamine groups is 2. The van der Waals surface area contributed by atoms with E-state index in [2.05, 4.69) is 33.8 Å². The number of rotatable bonds is 13. The summed E-state index contributed by atoms with van der Waals surface area (Å²) in [5.74, 6) is 0.0128. The maximum atomic E-state index is 12.8. The van der Waals surface area contributed by atoms with E-state index in [4.69, 9.17) is 4.84 Å². The summed E-state index contributed by atoms with van der Waals surface area (Å²) >= 11 is 0. The van der Waals surface area contributed by atoms with Crippen molar-refractivity contribution in [1.29, 1.82) is 0 Å². The molecule has 0 aliphatic heterocycles. The Bertz CT molecular complexity index is 500. The van der Waals surface area contributed by atoms with Crippen molar-refractivity contribution in [3.8, 4) is 0 Å². The van der Waals surface area contributed by atoms with Crippen molar-refractivity contribution < 1.29 is 19.8 Å². The van der Waals surface area contributed by atoms with Crippen LogP contribution in [-0.2, 0) is 16.2 Å². The van der Waals surface area contributed by atoms with Crippen molar-refractivity contribution in [1.82, 2.24) is 5.06 Å². The van der Waals surface area contributed by atoms with Gasteiger partial charge in [-0.05, 0) is 12.0 Å². The molecule has 0 aliphatic carbocycles. The molecule has 0 saturated heterocycles. The lowest BCUT2D eigenvalue weighted by atomic mass is 10.1. The lowest BCUT2D eigenvalue weighted by Gasteiger charge is -2.27. The largest absolute Gasteiger partial charge is 0.347 e. The summed E-state index contributed by atoms with van der Waals surface area (Å²) in [7, 11) is 6.48. The molecule has 0 radical (unpaired) electrons. The molecular formula is C21H39N3O2+2. The summed E-state index contributed by atoms with van der Waals surface area (Å²) in [5, 5.41) is 1.56. The smallest absolute Gasteiger partial charge is 0.304 e. The summed E-state index contributed by atoms with van der Waals surface area (Å²) in [6, 6.07) is 9.75. The van der Waals surface area contributed by atoms with Crippen LogP contribution in [-0.4, -0.2) is 55.7 Å². The van der Waals surface area contributed by atoms with Gasteiger partial charge in [0.2, 0.25) is 0 Å². The summed E-state index contributed by atoms with van der Waals surface area (Å²) in [4.78, 5) is 18.7. The highest BCUT2D eigenvalue weighted by Gasteiger charge is 2.25. The van der Waals surface area contributed by atoms with Gasteiger partial charge in [0.05, 0.1) is 34.2 Å². The fourth-order valence-electron chi connectivity index (χ4n) is 2.80. The Morgan fingerprint density at radius 3 is 2.42 bits per heavy atom. The number of quaternary nitrogens is 2. The van der Waals surface area contributed by atoms with Crippen LogP contribution in [0.3, 0.4) is 0 Å². The molecule has 0 fully saturated rings. The fourth-order valence-corrected chi connectivity index (χ4v) is 2.80. The number of nitrogens with zero attached hydrogens (tertiary/aromatic N) is 2. The van der Waals surface area contributed by atoms with Crippen molar-refractivity contribution in [2.75, 3.05) is 34.2 Å². The molecule has 1 amide bonds. The van der Waals surface area contributed by atoms with Crippen LogP contribution in [0, 0.1) is 0 Å². The molecule has 0 saturated carbocycles. The number of unbranched alkanes of at least 4 members (excludes halogenated alkanes) is 3. The Hall–Kier alpha value is -1.43. The zero-order chi connectivity index (χ0) is 19.4. The zero-order valence-electron chi connectivity index (χ0n) is 17.2.